The van der Waals surface area contributed by atoms with Gasteiger partial charge in [0.2, 0.25) is 5.91 Å². The lowest BCUT2D eigenvalue weighted by atomic mass is 10.1. The molecule has 2 N–H and O–H groups in total. The van der Waals surface area contributed by atoms with E-state index in [4.69, 9.17) is 17.3 Å². The fraction of sp³-hybridized carbons (Fsp3) is 0.462. The summed E-state index contributed by atoms with van der Waals surface area (Å²) in [6, 6.07) is 7.43. The molecule has 1 saturated heterocycles. The lowest BCUT2D eigenvalue weighted by molar-refractivity contribution is -0.129. The van der Waals surface area contributed by atoms with Gasteiger partial charge in [-0.05, 0) is 36.6 Å². The summed E-state index contributed by atoms with van der Waals surface area (Å²) < 4.78 is 0. The Bertz CT molecular complexity index is 391. The molecule has 0 bridgehead atoms. The highest BCUT2D eigenvalue weighted by atomic mass is 35.5. The highest BCUT2D eigenvalue weighted by Gasteiger charge is 2.24. The first-order valence-electron chi connectivity index (χ1n) is 5.91. The second-order valence-corrected chi connectivity index (χ2v) is 4.97. The summed E-state index contributed by atoms with van der Waals surface area (Å²) in [4.78, 5) is 13.9. The van der Waals surface area contributed by atoms with Gasteiger partial charge in [0.25, 0.3) is 0 Å². The zero-order chi connectivity index (χ0) is 12.3. The zero-order valence-electron chi connectivity index (χ0n) is 9.73. The number of carbonyl (C=O) groups excluding carboxylic acids is 1. The molecule has 1 fully saturated rings. The predicted octanol–water partition coefficient (Wildman–Crippen LogP) is 1.69. The van der Waals surface area contributed by atoms with Crippen molar-refractivity contribution in [2.24, 2.45) is 11.7 Å². The molecule has 0 spiro atoms. The largest absolute Gasteiger partial charge is 0.342 e. The number of rotatable bonds is 3. The summed E-state index contributed by atoms with van der Waals surface area (Å²) >= 11 is 5.80. The van der Waals surface area contributed by atoms with Crippen LogP contribution in [-0.2, 0) is 11.2 Å². The maximum Gasteiger partial charge on any atom is 0.226 e. The third-order valence-corrected chi connectivity index (χ3v) is 3.49. The first kappa shape index (κ1) is 12.4. The van der Waals surface area contributed by atoms with Gasteiger partial charge < -0.3 is 10.6 Å². The van der Waals surface area contributed by atoms with Gasteiger partial charge in [0.15, 0.2) is 0 Å². The Hall–Kier alpha value is -1.06. The fourth-order valence-corrected chi connectivity index (χ4v) is 2.27. The number of nitrogens with two attached hydrogens (primary N) is 1. The van der Waals surface area contributed by atoms with Crippen molar-refractivity contribution >= 4 is 17.5 Å². The Morgan fingerprint density at radius 2 is 2.12 bits per heavy atom. The van der Waals surface area contributed by atoms with Gasteiger partial charge in [-0.15, -0.1) is 0 Å². The van der Waals surface area contributed by atoms with Crippen LogP contribution in [-0.4, -0.2) is 30.4 Å². The number of benzene rings is 1. The summed E-state index contributed by atoms with van der Waals surface area (Å²) in [5, 5.41) is 0.700. The van der Waals surface area contributed by atoms with Crippen LogP contribution >= 0.6 is 11.6 Å². The van der Waals surface area contributed by atoms with Crippen molar-refractivity contribution in [3.63, 3.8) is 0 Å². The molecule has 2 rings (SSSR count). The van der Waals surface area contributed by atoms with Crippen molar-refractivity contribution < 1.29 is 4.79 Å². The lowest BCUT2D eigenvalue weighted by Gasteiger charge is -2.16. The highest BCUT2D eigenvalue weighted by Crippen LogP contribution is 2.17. The number of carbonyl (C=O) groups is 1. The van der Waals surface area contributed by atoms with Crippen LogP contribution in [0.2, 0.25) is 5.02 Å². The molecule has 17 heavy (non-hydrogen) atoms. The minimum Gasteiger partial charge on any atom is -0.342 e. The van der Waals surface area contributed by atoms with E-state index in [1.165, 1.54) is 0 Å². The van der Waals surface area contributed by atoms with Crippen LogP contribution in [0, 0.1) is 5.92 Å². The van der Waals surface area contributed by atoms with E-state index in [0.717, 1.165) is 25.1 Å². The molecule has 0 radical (unpaired) electrons. The maximum atomic E-state index is 12.0. The molecule has 0 aromatic heterocycles. The predicted molar refractivity (Wildman–Crippen MR) is 68.9 cm³/mol. The van der Waals surface area contributed by atoms with E-state index >= 15 is 0 Å². The van der Waals surface area contributed by atoms with Crippen LogP contribution in [0.15, 0.2) is 24.3 Å². The van der Waals surface area contributed by atoms with Crippen molar-refractivity contribution in [2.75, 3.05) is 19.6 Å². The topological polar surface area (TPSA) is 46.3 Å². The molecule has 1 aromatic rings. The average Bonchev–Trinajstić information content (AvgIpc) is 2.81. The highest BCUT2D eigenvalue weighted by molar-refractivity contribution is 6.30. The fourth-order valence-electron chi connectivity index (χ4n) is 2.14. The summed E-state index contributed by atoms with van der Waals surface area (Å²) in [6.07, 6.45) is 1.48. The third kappa shape index (κ3) is 3.20. The first-order chi connectivity index (χ1) is 8.19. The van der Waals surface area contributed by atoms with Gasteiger partial charge in [-0.2, -0.15) is 0 Å². The van der Waals surface area contributed by atoms with E-state index in [1.54, 1.807) is 0 Å². The Morgan fingerprint density at radius 1 is 1.41 bits per heavy atom. The van der Waals surface area contributed by atoms with Gasteiger partial charge in [0.05, 0.1) is 6.42 Å². The van der Waals surface area contributed by atoms with E-state index in [0.29, 0.717) is 23.9 Å². The van der Waals surface area contributed by atoms with Crippen molar-refractivity contribution in [3.05, 3.63) is 34.9 Å². The second kappa shape index (κ2) is 5.52. The number of hydrogen-bond acceptors (Lipinski definition) is 2. The number of likely N-dealkylation sites (tertiary alicyclic amines) is 1. The van der Waals surface area contributed by atoms with E-state index in [9.17, 15) is 4.79 Å². The molecular formula is C13H17ClN2O. The van der Waals surface area contributed by atoms with E-state index in [-0.39, 0.29) is 5.91 Å². The van der Waals surface area contributed by atoms with Gasteiger partial charge in [0, 0.05) is 18.1 Å². The maximum absolute atomic E-state index is 12.0. The Balaban J connectivity index is 1.91. The molecule has 1 amide bonds. The van der Waals surface area contributed by atoms with Crippen LogP contribution in [0.5, 0.6) is 0 Å². The molecule has 1 heterocycles. The van der Waals surface area contributed by atoms with E-state index in [2.05, 4.69) is 0 Å². The molecule has 3 nitrogen and oxygen atoms in total. The summed E-state index contributed by atoms with van der Waals surface area (Å²) in [7, 11) is 0. The van der Waals surface area contributed by atoms with Crippen molar-refractivity contribution in [2.45, 2.75) is 12.8 Å². The molecule has 92 valence electrons. The van der Waals surface area contributed by atoms with Crippen LogP contribution in [0.3, 0.4) is 0 Å². The van der Waals surface area contributed by atoms with E-state index < -0.39 is 0 Å². The minimum absolute atomic E-state index is 0.184. The van der Waals surface area contributed by atoms with Gasteiger partial charge in [-0.1, -0.05) is 23.7 Å². The number of hydrogen-bond donors (Lipinski definition) is 1. The SMILES string of the molecule is NCC1CCN(C(=O)Cc2ccc(Cl)cc2)C1. The van der Waals surface area contributed by atoms with Gasteiger partial charge >= 0.3 is 0 Å². The molecule has 1 aliphatic heterocycles. The molecule has 0 aliphatic carbocycles. The monoisotopic (exact) mass is 252 g/mol. The zero-order valence-corrected chi connectivity index (χ0v) is 10.5. The van der Waals surface area contributed by atoms with Crippen molar-refractivity contribution in [3.8, 4) is 0 Å². The third-order valence-electron chi connectivity index (χ3n) is 3.24. The standard InChI is InChI=1S/C13H17ClN2O/c14-12-3-1-10(2-4-12)7-13(17)16-6-5-11(8-15)9-16/h1-4,11H,5-9,15H2. The van der Waals surface area contributed by atoms with Gasteiger partial charge in [-0.25, -0.2) is 0 Å². The normalized spacial score (nSPS) is 19.6. The molecule has 1 aliphatic rings. The Morgan fingerprint density at radius 3 is 2.71 bits per heavy atom. The van der Waals surface area contributed by atoms with Crippen LogP contribution in [0.1, 0.15) is 12.0 Å². The molecule has 4 heteroatoms. The van der Waals surface area contributed by atoms with Crippen LogP contribution < -0.4 is 5.73 Å². The van der Waals surface area contributed by atoms with Gasteiger partial charge in [0.1, 0.15) is 0 Å². The number of halogens is 1. The van der Waals surface area contributed by atoms with Crippen LogP contribution in [0.25, 0.3) is 0 Å². The summed E-state index contributed by atoms with van der Waals surface area (Å²) in [6.45, 7) is 2.32. The molecule has 1 aromatic carbocycles. The molecule has 0 saturated carbocycles. The first-order valence-corrected chi connectivity index (χ1v) is 6.29. The minimum atomic E-state index is 0.184. The quantitative estimate of drug-likeness (QED) is 0.890. The van der Waals surface area contributed by atoms with Crippen molar-refractivity contribution in [1.29, 1.82) is 0 Å². The average molecular weight is 253 g/mol. The molecule has 1 atom stereocenters. The number of nitrogens with zero attached hydrogens (tertiary/aromatic N) is 1. The summed E-state index contributed by atoms with van der Waals surface area (Å²) in [5.41, 5.74) is 6.62. The lowest BCUT2D eigenvalue weighted by Crippen LogP contribution is -2.31. The van der Waals surface area contributed by atoms with Crippen LogP contribution in [0.4, 0.5) is 0 Å². The second-order valence-electron chi connectivity index (χ2n) is 4.53. The number of amides is 1. The molecule has 1 unspecified atom stereocenters. The van der Waals surface area contributed by atoms with E-state index in [1.807, 2.05) is 29.2 Å². The molecular weight excluding hydrogens is 236 g/mol. The van der Waals surface area contributed by atoms with Crippen molar-refractivity contribution in [1.82, 2.24) is 4.90 Å². The smallest absolute Gasteiger partial charge is 0.226 e. The Labute approximate surface area is 107 Å². The Kier molecular flexibility index (Phi) is 4.02. The summed E-state index contributed by atoms with van der Waals surface area (Å²) in [5.74, 6) is 0.660. The van der Waals surface area contributed by atoms with Gasteiger partial charge in [-0.3, -0.25) is 4.79 Å².